The van der Waals surface area contributed by atoms with Gasteiger partial charge in [0.25, 0.3) is 0 Å². The molecular weight excluding hydrogens is 1070 g/mol. The lowest BCUT2D eigenvalue weighted by molar-refractivity contribution is -0.145. The lowest BCUT2D eigenvalue weighted by Crippen LogP contribution is -2.49. The zero-order valence-electron chi connectivity index (χ0n) is 41.0. The van der Waals surface area contributed by atoms with Crippen LogP contribution in [0.5, 0.6) is 0 Å². The van der Waals surface area contributed by atoms with Crippen LogP contribution in [0.25, 0.3) is 4.85 Å². The standard InChI is InChI=1S/C26H26F6N4O3.C26H24F6N4O2.2CH4/c1-17(18-11-20(25(27,28)29)13-21(12-18)26(30,31)32)39-15-23(19-5-3-2-4-6-19)7-9-24(10-8-23,14-34-38)36-16-33-35-22(36)37;1-17(18-12-20(25(27,28)29)14-21(13-18)26(30,31)32)38-15-23(19-6-4-3-5-7-19)8-10-24(33-2,11-9-23)36-16-34-35-22(36)37;;/h2-6,11-14,16-17,38H,7-10,15H2,1H3,(H,35,37);3-7,12-14,16-17H,8-11,15H2,1H3,(H,35,37);2*1H4/b34-14+;;;/t2*17-,23?,24?;;/m11../s1. The van der Waals surface area contributed by atoms with E-state index in [2.05, 4.69) is 30.4 Å². The first kappa shape index (κ1) is 62.6. The smallest absolute Gasteiger partial charge is 0.411 e. The molecule has 2 aromatic heterocycles. The summed E-state index contributed by atoms with van der Waals surface area (Å²) in [7, 11) is 0. The summed E-state index contributed by atoms with van der Waals surface area (Å²) < 4.78 is 175. The fraction of sp³-hybridized carbons (Fsp3) is 0.444. The van der Waals surface area contributed by atoms with Gasteiger partial charge in [0.1, 0.15) is 12.7 Å². The highest BCUT2D eigenvalue weighted by Crippen LogP contribution is 2.49. The van der Waals surface area contributed by atoms with E-state index in [1.807, 2.05) is 60.7 Å². The van der Waals surface area contributed by atoms with Gasteiger partial charge in [-0.1, -0.05) is 80.7 Å². The summed E-state index contributed by atoms with van der Waals surface area (Å²) in [6.07, 6.45) is -15.4. The van der Waals surface area contributed by atoms with Crippen molar-refractivity contribution < 1.29 is 67.4 Å². The Labute approximate surface area is 446 Å². The lowest BCUT2D eigenvalue weighted by atomic mass is 9.64. The number of hydrogen-bond donors (Lipinski definition) is 3. The van der Waals surface area contributed by atoms with Crippen molar-refractivity contribution in [1.29, 1.82) is 0 Å². The van der Waals surface area contributed by atoms with Crippen molar-refractivity contribution in [3.63, 3.8) is 0 Å². The van der Waals surface area contributed by atoms with E-state index in [0.29, 0.717) is 62.8 Å². The molecule has 2 fully saturated rings. The van der Waals surface area contributed by atoms with Crippen molar-refractivity contribution in [1.82, 2.24) is 29.5 Å². The highest BCUT2D eigenvalue weighted by molar-refractivity contribution is 5.68. The van der Waals surface area contributed by atoms with Gasteiger partial charge < -0.3 is 14.7 Å². The highest BCUT2D eigenvalue weighted by Gasteiger charge is 2.51. The Morgan fingerprint density at radius 3 is 1.24 bits per heavy atom. The zero-order valence-corrected chi connectivity index (χ0v) is 41.0. The zero-order chi connectivity index (χ0) is 56.2. The minimum Gasteiger partial charge on any atom is -0.411 e. The molecule has 8 rings (SSSR count). The lowest BCUT2D eigenvalue weighted by Gasteiger charge is -2.45. The van der Waals surface area contributed by atoms with E-state index >= 15 is 0 Å². The number of benzene rings is 4. The number of oxime groups is 1. The molecule has 3 N–H and O–H groups in total. The van der Waals surface area contributed by atoms with Crippen LogP contribution >= 0.6 is 0 Å². The number of hydrogen-bond acceptors (Lipinski definition) is 8. The third-order valence-corrected chi connectivity index (χ3v) is 14.8. The maximum absolute atomic E-state index is 13.4. The van der Waals surface area contributed by atoms with Crippen LogP contribution in [0.4, 0.5) is 52.7 Å². The monoisotopic (exact) mass is 1130 g/mol. The molecule has 25 heteroatoms. The summed E-state index contributed by atoms with van der Waals surface area (Å²) in [5.74, 6) is 0. The summed E-state index contributed by atoms with van der Waals surface area (Å²) >= 11 is 0. The summed E-state index contributed by atoms with van der Waals surface area (Å²) in [6.45, 7) is 10.6. The van der Waals surface area contributed by atoms with Crippen LogP contribution in [0.1, 0.15) is 137 Å². The van der Waals surface area contributed by atoms with E-state index < -0.39 is 92.6 Å². The average Bonchev–Trinajstić information content (AvgIpc) is 4.12. The number of nitrogens with one attached hydrogen (secondary N) is 2. The van der Waals surface area contributed by atoms with E-state index in [9.17, 15) is 67.5 Å². The Hall–Kier alpha value is -7.20. The number of H-pyrrole nitrogens is 2. The molecule has 0 unspecified atom stereocenters. The van der Waals surface area contributed by atoms with E-state index in [1.165, 1.54) is 41.9 Å². The predicted octanol–water partition coefficient (Wildman–Crippen LogP) is 13.8. The van der Waals surface area contributed by atoms with Crippen molar-refractivity contribution in [2.75, 3.05) is 13.2 Å². The van der Waals surface area contributed by atoms with Crippen LogP contribution < -0.4 is 11.4 Å². The Bertz CT molecular complexity index is 3080. The molecular formula is C54H58F12N8O5. The first-order valence-electron chi connectivity index (χ1n) is 23.8. The van der Waals surface area contributed by atoms with Crippen molar-refractivity contribution in [3.8, 4) is 0 Å². The number of ether oxygens (including phenoxy) is 2. The molecule has 2 aliphatic carbocycles. The predicted molar refractivity (Wildman–Crippen MR) is 267 cm³/mol. The highest BCUT2D eigenvalue weighted by atomic mass is 19.4. The molecule has 0 amide bonds. The van der Waals surface area contributed by atoms with Crippen LogP contribution in [0, 0.1) is 6.57 Å². The second-order valence-electron chi connectivity index (χ2n) is 19.4. The number of halogens is 12. The summed E-state index contributed by atoms with van der Waals surface area (Å²) in [5, 5.41) is 24.6. The quantitative estimate of drug-likeness (QED) is 0.0342. The van der Waals surface area contributed by atoms with E-state index in [-0.39, 0.29) is 64.2 Å². The third-order valence-electron chi connectivity index (χ3n) is 14.8. The minimum absolute atomic E-state index is 0. The van der Waals surface area contributed by atoms with Crippen molar-refractivity contribution >= 4 is 6.21 Å². The van der Waals surface area contributed by atoms with Crippen molar-refractivity contribution in [2.24, 2.45) is 5.16 Å². The fourth-order valence-electron chi connectivity index (χ4n) is 10.2. The Morgan fingerprint density at radius 1 is 0.595 bits per heavy atom. The number of aromatic nitrogens is 6. The summed E-state index contributed by atoms with van der Waals surface area (Å²) in [6, 6.07) is 21.3. The largest absolute Gasteiger partial charge is 0.416 e. The van der Waals surface area contributed by atoms with Crippen LogP contribution in [-0.4, -0.2) is 54.2 Å². The maximum Gasteiger partial charge on any atom is 0.416 e. The normalized spacial score (nSPS) is 22.6. The molecule has 0 bridgehead atoms. The SMILES string of the molecule is C.C.C[C@@H](OCC1(c2ccccc2)CCC(/C=N/O)(n2cn[nH]c2=O)CC1)c1cc(C(F)(F)F)cc(C(F)(F)F)c1.[C-]#[N+]C1(n2cn[nH]c2=O)CCC(CO[C@H](C)c2cc(C(F)(F)F)cc(C(F)(F)F)c2)(c2ccccc2)CC1. The summed E-state index contributed by atoms with van der Waals surface area (Å²) in [4.78, 5) is 28.3. The number of rotatable bonds is 13. The molecule has 2 saturated carbocycles. The first-order valence-corrected chi connectivity index (χ1v) is 23.8. The second kappa shape index (κ2) is 24.0. The van der Waals surface area contributed by atoms with Gasteiger partial charge in [-0.05, 0) is 111 Å². The van der Waals surface area contributed by atoms with Gasteiger partial charge in [0, 0.05) is 23.7 Å². The van der Waals surface area contributed by atoms with Crippen LogP contribution in [-0.2, 0) is 56.2 Å². The Kier molecular flexibility index (Phi) is 19.1. The van der Waals surface area contributed by atoms with Gasteiger partial charge in [-0.25, -0.2) is 30.9 Å². The first-order chi connectivity index (χ1) is 36.1. The van der Waals surface area contributed by atoms with Crippen molar-refractivity contribution in [2.45, 2.75) is 139 Å². The molecule has 0 spiro atoms. The number of alkyl halides is 12. The van der Waals surface area contributed by atoms with Crippen LogP contribution in [0.2, 0.25) is 0 Å². The molecule has 0 radical (unpaired) electrons. The molecule has 0 aliphatic heterocycles. The molecule has 428 valence electrons. The van der Waals surface area contributed by atoms with E-state index in [4.69, 9.17) is 16.0 Å². The minimum atomic E-state index is -4.97. The molecule has 2 heterocycles. The van der Waals surface area contributed by atoms with Gasteiger partial charge in [-0.3, -0.25) is 9.41 Å². The molecule has 2 aliphatic rings. The molecule has 13 nitrogen and oxygen atoms in total. The molecule has 2 atom stereocenters. The van der Waals surface area contributed by atoms with Gasteiger partial charge in [0.15, 0.2) is 0 Å². The van der Waals surface area contributed by atoms with Gasteiger partial charge in [0.05, 0.1) is 59.4 Å². The summed E-state index contributed by atoms with van der Waals surface area (Å²) in [5.41, 5.74) is -8.86. The van der Waals surface area contributed by atoms with Crippen LogP contribution in [0.3, 0.4) is 0 Å². The molecule has 4 aromatic carbocycles. The fourth-order valence-corrected chi connectivity index (χ4v) is 10.2. The molecule has 79 heavy (non-hydrogen) atoms. The van der Waals surface area contributed by atoms with Crippen molar-refractivity contribution in [3.05, 3.63) is 187 Å². The molecule has 0 saturated heterocycles. The Morgan fingerprint density at radius 2 is 0.937 bits per heavy atom. The number of nitrogens with zero attached hydrogens (tertiary/aromatic N) is 6. The van der Waals surface area contributed by atoms with E-state index in [0.717, 1.165) is 11.1 Å². The average molecular weight is 1130 g/mol. The Balaban J connectivity index is 0.000000284. The topological polar surface area (TPSA) is 157 Å². The van der Waals surface area contributed by atoms with Gasteiger partial charge in [-0.15, -0.1) is 0 Å². The number of aromatic amines is 2. The van der Waals surface area contributed by atoms with Gasteiger partial charge >= 0.3 is 41.7 Å². The van der Waals surface area contributed by atoms with E-state index in [1.54, 1.807) is 0 Å². The maximum atomic E-state index is 13.4. The molecule has 6 aromatic rings. The van der Waals surface area contributed by atoms with Gasteiger partial charge in [0.2, 0.25) is 0 Å². The second-order valence-corrected chi connectivity index (χ2v) is 19.4. The van der Waals surface area contributed by atoms with Crippen LogP contribution in [0.15, 0.2) is 124 Å². The van der Waals surface area contributed by atoms with Gasteiger partial charge in [-0.2, -0.15) is 62.9 Å². The third kappa shape index (κ3) is 13.8.